The lowest BCUT2D eigenvalue weighted by Gasteiger charge is -2.08. The smallest absolute Gasteiger partial charge is 0.254 e. The molecule has 1 aliphatic carbocycles. The van der Waals surface area contributed by atoms with Crippen LogP contribution in [0.4, 0.5) is 0 Å². The van der Waals surface area contributed by atoms with Gasteiger partial charge >= 0.3 is 0 Å². The lowest BCUT2D eigenvalue weighted by molar-refractivity contribution is 0.0949. The highest BCUT2D eigenvalue weighted by molar-refractivity contribution is 5.96. The van der Waals surface area contributed by atoms with E-state index in [1.54, 1.807) is 10.7 Å². The number of rotatable bonds is 3. The second kappa shape index (κ2) is 5.19. The first-order chi connectivity index (χ1) is 11.1. The molecule has 1 fully saturated rings. The van der Waals surface area contributed by atoms with Crippen LogP contribution in [0.25, 0.3) is 16.8 Å². The Labute approximate surface area is 134 Å². The summed E-state index contributed by atoms with van der Waals surface area (Å²) in [5.74, 6) is -0.0613. The molecule has 0 saturated heterocycles. The van der Waals surface area contributed by atoms with Gasteiger partial charge in [-0.15, -0.1) is 0 Å². The summed E-state index contributed by atoms with van der Waals surface area (Å²) >= 11 is 0. The van der Waals surface area contributed by atoms with Gasteiger partial charge in [-0.1, -0.05) is 30.3 Å². The van der Waals surface area contributed by atoms with E-state index in [1.165, 1.54) is 0 Å². The highest BCUT2D eigenvalue weighted by Gasteiger charge is 2.25. The summed E-state index contributed by atoms with van der Waals surface area (Å²) in [6.07, 6.45) is 3.80. The van der Waals surface area contributed by atoms with Gasteiger partial charge in [-0.3, -0.25) is 4.79 Å². The van der Waals surface area contributed by atoms with Crippen LogP contribution >= 0.6 is 0 Å². The Morgan fingerprint density at radius 2 is 1.96 bits per heavy atom. The largest absolute Gasteiger partial charge is 0.349 e. The number of hydrogen-bond acceptors (Lipinski definition) is 3. The van der Waals surface area contributed by atoms with Crippen LogP contribution in [0.2, 0.25) is 0 Å². The number of carbonyl (C=O) groups is 1. The third-order valence-corrected chi connectivity index (χ3v) is 4.28. The predicted octanol–water partition coefficient (Wildman–Crippen LogP) is 2.91. The number of benzene rings is 1. The van der Waals surface area contributed by atoms with Crippen LogP contribution < -0.4 is 5.32 Å². The van der Waals surface area contributed by atoms with Gasteiger partial charge < -0.3 is 5.32 Å². The highest BCUT2D eigenvalue weighted by atomic mass is 16.1. The summed E-state index contributed by atoms with van der Waals surface area (Å²) < 4.78 is 1.78. The van der Waals surface area contributed by atoms with Crippen molar-refractivity contribution in [1.29, 1.82) is 0 Å². The Balaban J connectivity index is 1.84. The number of carbonyl (C=O) groups excluding carboxylic acids is 1. The summed E-state index contributed by atoms with van der Waals surface area (Å²) in [5, 5.41) is 7.61. The molecular weight excluding hydrogens is 288 g/mol. The number of hydrogen-bond donors (Lipinski definition) is 1. The van der Waals surface area contributed by atoms with E-state index in [0.29, 0.717) is 11.6 Å². The van der Waals surface area contributed by atoms with Crippen molar-refractivity contribution in [3.63, 3.8) is 0 Å². The van der Waals surface area contributed by atoms with Crippen LogP contribution in [0.1, 0.15) is 34.6 Å². The minimum absolute atomic E-state index is 0.0613. The molecule has 1 aliphatic rings. The van der Waals surface area contributed by atoms with Gasteiger partial charge in [-0.05, 0) is 32.3 Å². The summed E-state index contributed by atoms with van der Waals surface area (Å²) in [5.41, 5.74) is 5.20. The maximum Gasteiger partial charge on any atom is 0.254 e. The van der Waals surface area contributed by atoms with E-state index in [4.69, 9.17) is 0 Å². The fourth-order valence-corrected chi connectivity index (χ4v) is 2.86. The van der Waals surface area contributed by atoms with Crippen molar-refractivity contribution < 1.29 is 4.79 Å². The molecule has 1 N–H and O–H groups in total. The van der Waals surface area contributed by atoms with Crippen molar-refractivity contribution >= 4 is 11.6 Å². The molecule has 5 heteroatoms. The zero-order chi connectivity index (χ0) is 16.0. The average Bonchev–Trinajstić information content (AvgIpc) is 3.29. The van der Waals surface area contributed by atoms with Crippen molar-refractivity contribution in [2.75, 3.05) is 0 Å². The highest BCUT2D eigenvalue weighted by Crippen LogP contribution is 2.28. The topological polar surface area (TPSA) is 59.3 Å². The Morgan fingerprint density at radius 3 is 2.65 bits per heavy atom. The molecule has 2 heterocycles. The van der Waals surface area contributed by atoms with Gasteiger partial charge in [0.15, 0.2) is 5.65 Å². The van der Waals surface area contributed by atoms with Crippen LogP contribution in [0.5, 0.6) is 0 Å². The molecule has 1 saturated carbocycles. The number of aryl methyl sites for hydroxylation is 2. The zero-order valence-electron chi connectivity index (χ0n) is 13.2. The first-order valence-electron chi connectivity index (χ1n) is 7.86. The number of amides is 1. The maximum atomic E-state index is 12.3. The second-order valence-electron chi connectivity index (χ2n) is 6.07. The maximum absolute atomic E-state index is 12.3. The lowest BCUT2D eigenvalue weighted by atomic mass is 10.1. The first-order valence-corrected chi connectivity index (χ1v) is 7.86. The predicted molar refractivity (Wildman–Crippen MR) is 88.4 cm³/mol. The number of aromatic nitrogens is 3. The monoisotopic (exact) mass is 306 g/mol. The number of nitrogens with zero attached hydrogens (tertiary/aromatic N) is 3. The number of fused-ring (bicyclic) bond motifs is 1. The van der Waals surface area contributed by atoms with E-state index in [1.807, 2.05) is 32.0 Å². The third-order valence-electron chi connectivity index (χ3n) is 4.28. The van der Waals surface area contributed by atoms with Gasteiger partial charge in [0.1, 0.15) is 0 Å². The van der Waals surface area contributed by atoms with Crippen LogP contribution in [-0.4, -0.2) is 26.5 Å². The molecule has 0 radical (unpaired) electrons. The standard InChI is InChI=1S/C18H18N4O/c1-11-16(13-6-4-3-5-7-13)17-19-10-15(12(2)22(17)21-11)18(23)20-14-8-9-14/h3-7,10,14H,8-9H2,1-2H3,(H,20,23). The van der Waals surface area contributed by atoms with Gasteiger partial charge in [0.05, 0.1) is 17.0 Å². The van der Waals surface area contributed by atoms with Crippen molar-refractivity contribution in [3.05, 3.63) is 53.5 Å². The SMILES string of the molecule is Cc1nn2c(C)c(C(=O)NC3CC3)cnc2c1-c1ccccc1. The molecule has 0 bridgehead atoms. The molecular formula is C18H18N4O. The van der Waals surface area contributed by atoms with Crippen molar-refractivity contribution in [2.24, 2.45) is 0 Å². The minimum Gasteiger partial charge on any atom is -0.349 e. The van der Waals surface area contributed by atoms with Crippen LogP contribution in [0.15, 0.2) is 36.5 Å². The Kier molecular flexibility index (Phi) is 3.15. The first kappa shape index (κ1) is 13.9. The molecule has 1 aromatic carbocycles. The van der Waals surface area contributed by atoms with Gasteiger partial charge in [0.25, 0.3) is 5.91 Å². The Morgan fingerprint density at radius 1 is 1.22 bits per heavy atom. The van der Waals surface area contributed by atoms with Crippen LogP contribution in [-0.2, 0) is 0 Å². The second-order valence-corrected chi connectivity index (χ2v) is 6.07. The molecule has 3 aromatic rings. The quantitative estimate of drug-likeness (QED) is 0.809. The van der Waals surface area contributed by atoms with E-state index < -0.39 is 0 Å². The Bertz CT molecular complexity index is 894. The van der Waals surface area contributed by atoms with E-state index >= 15 is 0 Å². The molecule has 1 amide bonds. The summed E-state index contributed by atoms with van der Waals surface area (Å²) in [4.78, 5) is 16.9. The lowest BCUT2D eigenvalue weighted by Crippen LogP contribution is -2.27. The average molecular weight is 306 g/mol. The molecule has 23 heavy (non-hydrogen) atoms. The normalized spacial score (nSPS) is 14.2. The summed E-state index contributed by atoms with van der Waals surface area (Å²) in [7, 11) is 0. The summed E-state index contributed by atoms with van der Waals surface area (Å²) in [6.45, 7) is 3.89. The van der Waals surface area contributed by atoms with E-state index in [9.17, 15) is 4.79 Å². The van der Waals surface area contributed by atoms with Gasteiger partial charge in [0, 0.05) is 17.8 Å². The van der Waals surface area contributed by atoms with Gasteiger partial charge in [0.2, 0.25) is 0 Å². The molecule has 0 aliphatic heterocycles. The molecule has 0 unspecified atom stereocenters. The molecule has 0 spiro atoms. The summed E-state index contributed by atoms with van der Waals surface area (Å²) in [6, 6.07) is 10.4. The fraction of sp³-hybridized carbons (Fsp3) is 0.278. The van der Waals surface area contributed by atoms with Crippen molar-refractivity contribution in [3.8, 4) is 11.1 Å². The third kappa shape index (κ3) is 2.38. The minimum atomic E-state index is -0.0613. The van der Waals surface area contributed by atoms with Gasteiger partial charge in [-0.2, -0.15) is 5.10 Å². The number of nitrogens with one attached hydrogen (secondary N) is 1. The van der Waals surface area contributed by atoms with Crippen LogP contribution in [0.3, 0.4) is 0 Å². The fourth-order valence-electron chi connectivity index (χ4n) is 2.86. The molecule has 116 valence electrons. The molecule has 4 rings (SSSR count). The molecule has 0 atom stereocenters. The zero-order valence-corrected chi connectivity index (χ0v) is 13.2. The van der Waals surface area contributed by atoms with Gasteiger partial charge in [-0.25, -0.2) is 9.50 Å². The van der Waals surface area contributed by atoms with Crippen molar-refractivity contribution in [2.45, 2.75) is 32.7 Å². The van der Waals surface area contributed by atoms with E-state index in [-0.39, 0.29) is 5.91 Å². The van der Waals surface area contributed by atoms with Crippen molar-refractivity contribution in [1.82, 2.24) is 19.9 Å². The molecule has 5 nitrogen and oxygen atoms in total. The van der Waals surface area contributed by atoms with E-state index in [0.717, 1.165) is 41.0 Å². The van der Waals surface area contributed by atoms with Crippen LogP contribution in [0, 0.1) is 13.8 Å². The van der Waals surface area contributed by atoms with E-state index in [2.05, 4.69) is 27.5 Å². The molecule has 2 aromatic heterocycles. The Hall–Kier alpha value is -2.69.